The Morgan fingerprint density at radius 2 is 2.11 bits per heavy atom. The number of nitrogens with zero attached hydrogens (tertiary/aromatic N) is 1. The smallest absolute Gasteiger partial charge is 0.309 e. The predicted molar refractivity (Wildman–Crippen MR) is 68.9 cm³/mol. The van der Waals surface area contributed by atoms with Crippen LogP contribution in [0.4, 0.5) is 0 Å². The second-order valence-electron chi connectivity index (χ2n) is 5.52. The van der Waals surface area contributed by atoms with Gasteiger partial charge in [0, 0.05) is 11.2 Å². The minimum atomic E-state index is -0.708. The normalized spacial score (nSPS) is 33.2. The van der Waals surface area contributed by atoms with Gasteiger partial charge >= 0.3 is 5.97 Å². The SMILES string of the molecule is O=C(O)C1(Cc2cnc(Cl)cc2Cl)CC2CC2C1. The Morgan fingerprint density at radius 1 is 1.44 bits per heavy atom. The highest BCUT2D eigenvalue weighted by Crippen LogP contribution is 2.61. The third kappa shape index (κ3) is 1.99. The number of aromatic nitrogens is 1. The number of halogens is 2. The van der Waals surface area contributed by atoms with Gasteiger partial charge in [-0.05, 0) is 49.1 Å². The molecule has 5 heteroatoms. The van der Waals surface area contributed by atoms with Crippen LogP contribution in [0.2, 0.25) is 10.2 Å². The molecule has 0 radical (unpaired) electrons. The Hall–Kier alpha value is -0.800. The average Bonchev–Trinajstić information content (AvgIpc) is 2.91. The maximum Gasteiger partial charge on any atom is 0.309 e. The maximum atomic E-state index is 11.6. The number of carbonyl (C=O) groups is 1. The monoisotopic (exact) mass is 285 g/mol. The van der Waals surface area contributed by atoms with Gasteiger partial charge in [0.25, 0.3) is 0 Å². The van der Waals surface area contributed by atoms with Gasteiger partial charge in [-0.25, -0.2) is 4.98 Å². The Morgan fingerprint density at radius 3 is 2.67 bits per heavy atom. The molecule has 1 aromatic heterocycles. The summed E-state index contributed by atoms with van der Waals surface area (Å²) in [7, 11) is 0. The summed E-state index contributed by atoms with van der Waals surface area (Å²) in [6.07, 6.45) is 4.79. The molecule has 2 unspecified atom stereocenters. The molecule has 2 atom stereocenters. The lowest BCUT2D eigenvalue weighted by molar-refractivity contribution is -0.149. The summed E-state index contributed by atoms with van der Waals surface area (Å²) >= 11 is 11.9. The lowest BCUT2D eigenvalue weighted by Crippen LogP contribution is -2.32. The summed E-state index contributed by atoms with van der Waals surface area (Å²) in [5.74, 6) is 0.515. The first-order valence-electron chi connectivity index (χ1n) is 6.03. The fourth-order valence-electron chi connectivity index (χ4n) is 3.22. The molecule has 18 heavy (non-hydrogen) atoms. The molecule has 0 bridgehead atoms. The Labute approximate surface area is 115 Å². The van der Waals surface area contributed by atoms with Crippen LogP contribution in [-0.4, -0.2) is 16.1 Å². The van der Waals surface area contributed by atoms with E-state index in [0.717, 1.165) is 18.4 Å². The molecule has 2 aliphatic carbocycles. The first-order valence-corrected chi connectivity index (χ1v) is 6.79. The van der Waals surface area contributed by atoms with Crippen molar-refractivity contribution in [3.05, 3.63) is 28.0 Å². The Bertz CT molecular complexity index is 508. The van der Waals surface area contributed by atoms with Crippen LogP contribution in [-0.2, 0) is 11.2 Å². The summed E-state index contributed by atoms with van der Waals surface area (Å²) in [5.41, 5.74) is 0.136. The van der Waals surface area contributed by atoms with Crippen LogP contribution >= 0.6 is 23.2 Å². The molecule has 0 amide bonds. The highest BCUT2D eigenvalue weighted by atomic mass is 35.5. The van der Waals surface area contributed by atoms with Crippen molar-refractivity contribution in [1.82, 2.24) is 4.98 Å². The average molecular weight is 286 g/mol. The zero-order chi connectivity index (χ0) is 12.9. The zero-order valence-corrected chi connectivity index (χ0v) is 11.2. The molecule has 3 nitrogen and oxygen atoms in total. The maximum absolute atomic E-state index is 11.6. The summed E-state index contributed by atoms with van der Waals surface area (Å²) in [5, 5.41) is 10.4. The topological polar surface area (TPSA) is 50.2 Å². The molecule has 1 heterocycles. The van der Waals surface area contributed by atoms with Gasteiger partial charge in [0.1, 0.15) is 5.15 Å². The van der Waals surface area contributed by atoms with Crippen LogP contribution in [0.25, 0.3) is 0 Å². The second kappa shape index (κ2) is 4.10. The van der Waals surface area contributed by atoms with Gasteiger partial charge in [0.2, 0.25) is 0 Å². The molecule has 1 aromatic rings. The molecule has 2 fully saturated rings. The van der Waals surface area contributed by atoms with Crippen molar-refractivity contribution >= 4 is 29.2 Å². The van der Waals surface area contributed by atoms with Crippen molar-refractivity contribution in [2.45, 2.75) is 25.7 Å². The molecular formula is C13H13Cl2NO2. The van der Waals surface area contributed by atoms with Gasteiger partial charge in [-0.15, -0.1) is 0 Å². The lowest BCUT2D eigenvalue weighted by Gasteiger charge is -2.26. The van der Waals surface area contributed by atoms with Crippen LogP contribution in [0, 0.1) is 17.3 Å². The first-order chi connectivity index (χ1) is 8.50. The number of aliphatic carboxylic acids is 1. The van der Waals surface area contributed by atoms with E-state index in [1.807, 2.05) is 0 Å². The van der Waals surface area contributed by atoms with E-state index in [0.29, 0.717) is 28.4 Å². The lowest BCUT2D eigenvalue weighted by atomic mass is 9.78. The van der Waals surface area contributed by atoms with Crippen molar-refractivity contribution in [2.24, 2.45) is 17.3 Å². The van der Waals surface area contributed by atoms with Gasteiger partial charge in [-0.1, -0.05) is 23.2 Å². The number of pyridine rings is 1. The van der Waals surface area contributed by atoms with E-state index in [1.165, 1.54) is 6.42 Å². The number of rotatable bonds is 3. The van der Waals surface area contributed by atoms with Crippen LogP contribution in [0.15, 0.2) is 12.3 Å². The van der Waals surface area contributed by atoms with Gasteiger partial charge in [-0.2, -0.15) is 0 Å². The second-order valence-corrected chi connectivity index (χ2v) is 6.32. The molecule has 2 aliphatic rings. The molecule has 1 N–H and O–H groups in total. The summed E-state index contributed by atoms with van der Waals surface area (Å²) < 4.78 is 0. The van der Waals surface area contributed by atoms with E-state index in [1.54, 1.807) is 12.3 Å². The fourth-order valence-corrected chi connectivity index (χ4v) is 3.66. The van der Waals surface area contributed by atoms with Crippen LogP contribution in [0.5, 0.6) is 0 Å². The van der Waals surface area contributed by atoms with Gasteiger partial charge in [0.05, 0.1) is 5.41 Å². The van der Waals surface area contributed by atoms with E-state index in [9.17, 15) is 9.90 Å². The third-order valence-electron chi connectivity index (χ3n) is 4.25. The van der Waals surface area contributed by atoms with Crippen LogP contribution in [0.3, 0.4) is 0 Å². The summed E-state index contributed by atoms with van der Waals surface area (Å²) in [6, 6.07) is 1.57. The third-order valence-corrected chi connectivity index (χ3v) is 4.81. The molecule has 0 aromatic carbocycles. The molecule has 3 rings (SSSR count). The largest absolute Gasteiger partial charge is 0.481 e. The molecule has 0 aliphatic heterocycles. The van der Waals surface area contributed by atoms with Crippen molar-refractivity contribution in [2.75, 3.05) is 0 Å². The van der Waals surface area contributed by atoms with E-state index in [2.05, 4.69) is 4.98 Å². The van der Waals surface area contributed by atoms with Crippen molar-refractivity contribution in [3.63, 3.8) is 0 Å². The molecule has 96 valence electrons. The van der Waals surface area contributed by atoms with Crippen molar-refractivity contribution in [3.8, 4) is 0 Å². The fraction of sp³-hybridized carbons (Fsp3) is 0.538. The van der Waals surface area contributed by atoms with Crippen molar-refractivity contribution < 1.29 is 9.90 Å². The number of hydrogen-bond donors (Lipinski definition) is 1. The predicted octanol–water partition coefficient (Wildman–Crippen LogP) is 3.43. The van der Waals surface area contributed by atoms with E-state index >= 15 is 0 Å². The summed E-state index contributed by atoms with van der Waals surface area (Å²) in [6.45, 7) is 0. The standard InChI is InChI=1S/C13H13Cl2NO2/c14-10-2-11(15)16-6-9(10)5-13(12(17)18)3-7-1-8(7)4-13/h2,6-8H,1,3-5H2,(H,17,18). The number of hydrogen-bond acceptors (Lipinski definition) is 2. The van der Waals surface area contributed by atoms with Crippen LogP contribution in [0.1, 0.15) is 24.8 Å². The van der Waals surface area contributed by atoms with Crippen molar-refractivity contribution in [1.29, 1.82) is 0 Å². The molecule has 0 spiro atoms. The minimum Gasteiger partial charge on any atom is -0.481 e. The molecule has 2 saturated carbocycles. The molecule has 0 saturated heterocycles. The Balaban J connectivity index is 1.87. The highest BCUT2D eigenvalue weighted by molar-refractivity contribution is 6.34. The number of carboxylic acid groups (broad SMARTS) is 1. The summed E-state index contributed by atoms with van der Waals surface area (Å²) in [4.78, 5) is 15.6. The van der Waals surface area contributed by atoms with Gasteiger partial charge in [-0.3, -0.25) is 4.79 Å². The van der Waals surface area contributed by atoms with Gasteiger partial charge < -0.3 is 5.11 Å². The number of carboxylic acids is 1. The minimum absolute atomic E-state index is 0.336. The Kier molecular flexibility index (Phi) is 2.79. The first kappa shape index (κ1) is 12.2. The van der Waals surface area contributed by atoms with E-state index < -0.39 is 11.4 Å². The quantitative estimate of drug-likeness (QED) is 0.866. The van der Waals surface area contributed by atoms with Gasteiger partial charge in [0.15, 0.2) is 0 Å². The number of fused-ring (bicyclic) bond motifs is 1. The van der Waals surface area contributed by atoms with E-state index in [-0.39, 0.29) is 0 Å². The highest BCUT2D eigenvalue weighted by Gasteiger charge is 2.57. The molecular weight excluding hydrogens is 273 g/mol. The van der Waals surface area contributed by atoms with Crippen LogP contribution < -0.4 is 0 Å². The van der Waals surface area contributed by atoms with E-state index in [4.69, 9.17) is 23.2 Å². The zero-order valence-electron chi connectivity index (χ0n) is 9.70.